The first-order valence-electron chi connectivity index (χ1n) is 7.29. The number of rotatable bonds is 5. The second-order valence-electron chi connectivity index (χ2n) is 5.14. The lowest BCUT2D eigenvalue weighted by Crippen LogP contribution is -2.18. The van der Waals surface area contributed by atoms with Crippen LogP contribution in [-0.4, -0.2) is 17.5 Å². The molecule has 0 unspecified atom stereocenters. The zero-order valence-electron chi connectivity index (χ0n) is 12.8. The highest BCUT2D eigenvalue weighted by molar-refractivity contribution is 9.10. The minimum atomic E-state index is -0.644. The van der Waals surface area contributed by atoms with Gasteiger partial charge in [-0.2, -0.15) is 0 Å². The van der Waals surface area contributed by atoms with Crippen molar-refractivity contribution in [2.45, 2.75) is 0 Å². The summed E-state index contributed by atoms with van der Waals surface area (Å²) in [6, 6.07) is 16.9. The summed E-state index contributed by atoms with van der Waals surface area (Å²) < 4.78 is 11.4. The highest BCUT2D eigenvalue weighted by Crippen LogP contribution is 2.26. The van der Waals surface area contributed by atoms with Crippen molar-refractivity contribution in [3.8, 4) is 11.5 Å². The van der Waals surface area contributed by atoms with E-state index in [1.54, 1.807) is 18.2 Å². The van der Waals surface area contributed by atoms with Gasteiger partial charge in [0.1, 0.15) is 5.75 Å². The predicted octanol–water partition coefficient (Wildman–Crippen LogP) is 4.49. The van der Waals surface area contributed by atoms with Crippen LogP contribution in [0.4, 0.5) is 5.69 Å². The maximum Gasteiger partial charge on any atom is 0.349 e. The van der Waals surface area contributed by atoms with Gasteiger partial charge in [-0.05, 0) is 41.1 Å². The molecule has 0 N–H and O–H groups in total. The maximum absolute atomic E-state index is 11.9. The van der Waals surface area contributed by atoms with Gasteiger partial charge in [0.15, 0.2) is 12.4 Å². The van der Waals surface area contributed by atoms with Gasteiger partial charge in [0.2, 0.25) is 0 Å². The SMILES string of the molecule is O=C(COc1ccccc1[N+](=O)[O-])Oc1ccc2cc(Br)ccc2c1. The van der Waals surface area contributed by atoms with E-state index in [-0.39, 0.29) is 11.4 Å². The van der Waals surface area contributed by atoms with E-state index in [4.69, 9.17) is 9.47 Å². The number of halogens is 1. The molecule has 0 radical (unpaired) electrons. The largest absolute Gasteiger partial charge is 0.475 e. The molecule has 3 aromatic carbocycles. The van der Waals surface area contributed by atoms with E-state index in [9.17, 15) is 14.9 Å². The van der Waals surface area contributed by atoms with Crippen LogP contribution in [0.15, 0.2) is 65.1 Å². The van der Waals surface area contributed by atoms with Crippen molar-refractivity contribution in [1.82, 2.24) is 0 Å². The van der Waals surface area contributed by atoms with Gasteiger partial charge in [-0.15, -0.1) is 0 Å². The molecule has 0 bridgehead atoms. The average molecular weight is 402 g/mol. The number of fused-ring (bicyclic) bond motifs is 1. The summed E-state index contributed by atoms with van der Waals surface area (Å²) in [4.78, 5) is 22.3. The Kier molecular flexibility index (Phi) is 4.95. The molecule has 0 atom stereocenters. The van der Waals surface area contributed by atoms with Crippen molar-refractivity contribution < 1.29 is 19.2 Å². The Balaban J connectivity index is 1.67. The number of para-hydroxylation sites is 2. The number of carbonyl (C=O) groups excluding carboxylic acids is 1. The van der Waals surface area contributed by atoms with Crippen LogP contribution in [0.2, 0.25) is 0 Å². The van der Waals surface area contributed by atoms with Gasteiger partial charge in [0, 0.05) is 10.5 Å². The summed E-state index contributed by atoms with van der Waals surface area (Å²) in [5.41, 5.74) is -0.202. The van der Waals surface area contributed by atoms with Gasteiger partial charge in [0.05, 0.1) is 4.92 Å². The third-order valence-electron chi connectivity index (χ3n) is 3.41. The first-order valence-corrected chi connectivity index (χ1v) is 8.08. The summed E-state index contributed by atoms with van der Waals surface area (Å²) >= 11 is 3.40. The van der Waals surface area contributed by atoms with Crippen molar-refractivity contribution in [3.05, 3.63) is 75.3 Å². The number of benzene rings is 3. The first kappa shape index (κ1) is 16.9. The zero-order valence-corrected chi connectivity index (χ0v) is 14.4. The van der Waals surface area contributed by atoms with Gasteiger partial charge in [-0.3, -0.25) is 10.1 Å². The van der Waals surface area contributed by atoms with E-state index in [1.807, 2.05) is 24.3 Å². The normalized spacial score (nSPS) is 10.4. The Morgan fingerprint density at radius 3 is 2.56 bits per heavy atom. The minimum Gasteiger partial charge on any atom is -0.475 e. The molecule has 0 amide bonds. The van der Waals surface area contributed by atoms with Crippen LogP contribution in [0.1, 0.15) is 0 Å². The van der Waals surface area contributed by atoms with Crippen molar-refractivity contribution in [1.29, 1.82) is 0 Å². The molecule has 0 aliphatic heterocycles. The molecule has 6 nitrogen and oxygen atoms in total. The predicted molar refractivity (Wildman–Crippen MR) is 95.9 cm³/mol. The number of esters is 1. The van der Waals surface area contributed by atoms with E-state index in [0.29, 0.717) is 5.75 Å². The van der Waals surface area contributed by atoms with Crippen LogP contribution < -0.4 is 9.47 Å². The van der Waals surface area contributed by atoms with Crippen LogP contribution in [0, 0.1) is 10.1 Å². The molecule has 3 rings (SSSR count). The average Bonchev–Trinajstić information content (AvgIpc) is 2.60. The standard InChI is InChI=1S/C18H12BrNO5/c19-14-7-5-13-10-15(8-6-12(13)9-14)25-18(21)11-24-17-4-2-1-3-16(17)20(22)23/h1-10H,11H2. The van der Waals surface area contributed by atoms with Crippen LogP contribution >= 0.6 is 15.9 Å². The Bertz CT molecular complexity index is 957. The Morgan fingerprint density at radius 2 is 1.76 bits per heavy atom. The monoisotopic (exact) mass is 401 g/mol. The number of carbonyl (C=O) groups is 1. The van der Waals surface area contributed by atoms with E-state index in [1.165, 1.54) is 18.2 Å². The molecule has 0 heterocycles. The molecular weight excluding hydrogens is 390 g/mol. The van der Waals surface area contributed by atoms with Crippen molar-refractivity contribution in [2.75, 3.05) is 6.61 Å². The van der Waals surface area contributed by atoms with Crippen molar-refractivity contribution >= 4 is 38.4 Å². The van der Waals surface area contributed by atoms with Crippen LogP contribution in [0.5, 0.6) is 11.5 Å². The van der Waals surface area contributed by atoms with Gasteiger partial charge in [-0.1, -0.05) is 40.2 Å². The number of nitrogens with zero attached hydrogens (tertiary/aromatic N) is 1. The lowest BCUT2D eigenvalue weighted by molar-refractivity contribution is -0.385. The fourth-order valence-corrected chi connectivity index (χ4v) is 2.66. The topological polar surface area (TPSA) is 78.7 Å². The molecule has 0 aliphatic carbocycles. The van der Waals surface area contributed by atoms with Gasteiger partial charge in [0.25, 0.3) is 0 Å². The molecule has 3 aromatic rings. The second kappa shape index (κ2) is 7.31. The molecule has 0 spiro atoms. The van der Waals surface area contributed by atoms with E-state index in [2.05, 4.69) is 15.9 Å². The molecule has 0 aromatic heterocycles. The number of hydrogen-bond acceptors (Lipinski definition) is 5. The summed E-state index contributed by atoms with van der Waals surface area (Å²) in [6.45, 7) is -0.427. The van der Waals surface area contributed by atoms with Crippen LogP contribution in [-0.2, 0) is 4.79 Å². The van der Waals surface area contributed by atoms with E-state index < -0.39 is 17.5 Å². The van der Waals surface area contributed by atoms with Gasteiger partial charge < -0.3 is 9.47 Å². The lowest BCUT2D eigenvalue weighted by atomic mass is 10.1. The summed E-state index contributed by atoms with van der Waals surface area (Å²) in [5, 5.41) is 12.8. The molecule has 126 valence electrons. The fourth-order valence-electron chi connectivity index (χ4n) is 2.29. The quantitative estimate of drug-likeness (QED) is 0.272. The molecule has 0 saturated heterocycles. The molecule has 0 fully saturated rings. The zero-order chi connectivity index (χ0) is 17.8. The number of hydrogen-bond donors (Lipinski definition) is 0. The summed E-state index contributed by atoms with van der Waals surface area (Å²) in [5.74, 6) is -0.242. The number of nitro benzene ring substituents is 1. The second-order valence-corrected chi connectivity index (χ2v) is 6.06. The minimum absolute atomic E-state index is 0.0211. The third kappa shape index (κ3) is 4.13. The van der Waals surface area contributed by atoms with Crippen LogP contribution in [0.3, 0.4) is 0 Å². The molecule has 0 saturated carbocycles. The summed E-state index contributed by atoms with van der Waals surface area (Å²) in [7, 11) is 0. The highest BCUT2D eigenvalue weighted by atomic mass is 79.9. The molecule has 25 heavy (non-hydrogen) atoms. The summed E-state index contributed by atoms with van der Waals surface area (Å²) in [6.07, 6.45) is 0. The molecule has 7 heteroatoms. The lowest BCUT2D eigenvalue weighted by Gasteiger charge is -2.08. The fraction of sp³-hybridized carbons (Fsp3) is 0.0556. The van der Waals surface area contributed by atoms with Crippen molar-refractivity contribution in [2.24, 2.45) is 0 Å². The highest BCUT2D eigenvalue weighted by Gasteiger charge is 2.15. The first-order chi connectivity index (χ1) is 12.0. The number of nitro groups is 1. The molecule has 0 aliphatic rings. The van der Waals surface area contributed by atoms with E-state index >= 15 is 0 Å². The van der Waals surface area contributed by atoms with E-state index in [0.717, 1.165) is 15.2 Å². The Morgan fingerprint density at radius 1 is 1.04 bits per heavy atom. The van der Waals surface area contributed by atoms with Crippen LogP contribution in [0.25, 0.3) is 10.8 Å². The smallest absolute Gasteiger partial charge is 0.349 e. The number of ether oxygens (including phenoxy) is 2. The molecular formula is C18H12BrNO5. The van der Waals surface area contributed by atoms with Crippen molar-refractivity contribution in [3.63, 3.8) is 0 Å². The Labute approximate surface area is 151 Å². The maximum atomic E-state index is 11.9. The third-order valence-corrected chi connectivity index (χ3v) is 3.91. The Hall–Kier alpha value is -2.93. The van der Waals surface area contributed by atoms with Gasteiger partial charge >= 0.3 is 11.7 Å². The van der Waals surface area contributed by atoms with Gasteiger partial charge in [-0.25, -0.2) is 4.79 Å².